The van der Waals surface area contributed by atoms with Crippen molar-refractivity contribution in [2.75, 3.05) is 36.0 Å². The molecule has 0 aromatic heterocycles. The molecular formula is C14H21FN2S. The molecule has 1 saturated heterocycles. The molecule has 1 unspecified atom stereocenters. The Kier molecular flexibility index (Phi) is 4.89. The van der Waals surface area contributed by atoms with Crippen LogP contribution in [-0.2, 0) is 0 Å². The number of nitrogens with one attached hydrogen (secondary N) is 1. The molecule has 100 valence electrons. The summed E-state index contributed by atoms with van der Waals surface area (Å²) in [6.45, 7) is 7.19. The monoisotopic (exact) mass is 268 g/mol. The first kappa shape index (κ1) is 13.7. The van der Waals surface area contributed by atoms with Gasteiger partial charge in [0.25, 0.3) is 0 Å². The van der Waals surface area contributed by atoms with Crippen LogP contribution in [0.2, 0.25) is 0 Å². The minimum Gasteiger partial charge on any atom is -0.370 e. The first-order chi connectivity index (χ1) is 8.72. The number of halogens is 1. The Hall–Kier alpha value is -0.740. The predicted octanol–water partition coefficient (Wildman–Crippen LogP) is 3.05. The highest BCUT2D eigenvalue weighted by atomic mass is 32.2. The van der Waals surface area contributed by atoms with Gasteiger partial charge in [-0.05, 0) is 37.2 Å². The molecule has 4 heteroatoms. The molecule has 0 saturated carbocycles. The van der Waals surface area contributed by atoms with Crippen molar-refractivity contribution in [1.29, 1.82) is 0 Å². The molecule has 2 nitrogen and oxygen atoms in total. The SMILES string of the molecule is CCNC(C)c1cc(F)ccc1N1CCSCC1. The van der Waals surface area contributed by atoms with Crippen LogP contribution in [0.15, 0.2) is 18.2 Å². The van der Waals surface area contributed by atoms with Gasteiger partial charge in [0, 0.05) is 36.3 Å². The van der Waals surface area contributed by atoms with Crippen LogP contribution in [-0.4, -0.2) is 31.1 Å². The molecule has 0 amide bonds. The third-order valence-corrected chi connectivity index (χ3v) is 4.26. The maximum absolute atomic E-state index is 13.5. The molecule has 1 aliphatic heterocycles. The van der Waals surface area contributed by atoms with Gasteiger partial charge in [-0.3, -0.25) is 0 Å². The van der Waals surface area contributed by atoms with E-state index in [1.807, 2.05) is 17.8 Å². The van der Waals surface area contributed by atoms with Gasteiger partial charge in [0.15, 0.2) is 0 Å². The molecule has 1 heterocycles. The van der Waals surface area contributed by atoms with Crippen molar-refractivity contribution in [3.8, 4) is 0 Å². The fourth-order valence-electron chi connectivity index (χ4n) is 2.38. The van der Waals surface area contributed by atoms with Crippen LogP contribution < -0.4 is 10.2 Å². The standard InChI is InChI=1S/C14H21FN2S/c1-3-16-11(2)13-10-12(15)4-5-14(13)17-6-8-18-9-7-17/h4-5,10-11,16H,3,6-9H2,1-2H3. The molecule has 0 spiro atoms. The summed E-state index contributed by atoms with van der Waals surface area (Å²) >= 11 is 1.99. The normalized spacial score (nSPS) is 17.8. The minimum atomic E-state index is -0.148. The Labute approximate surface area is 113 Å². The van der Waals surface area contributed by atoms with Crippen molar-refractivity contribution in [3.63, 3.8) is 0 Å². The highest BCUT2D eigenvalue weighted by molar-refractivity contribution is 7.99. The van der Waals surface area contributed by atoms with Gasteiger partial charge >= 0.3 is 0 Å². The molecule has 1 aromatic rings. The maximum Gasteiger partial charge on any atom is 0.123 e. The highest BCUT2D eigenvalue weighted by Crippen LogP contribution is 2.29. The number of hydrogen-bond acceptors (Lipinski definition) is 3. The fourth-order valence-corrected chi connectivity index (χ4v) is 3.28. The van der Waals surface area contributed by atoms with E-state index in [9.17, 15) is 4.39 Å². The van der Waals surface area contributed by atoms with Gasteiger partial charge in [-0.25, -0.2) is 4.39 Å². The van der Waals surface area contributed by atoms with Gasteiger partial charge in [0.2, 0.25) is 0 Å². The molecule has 1 N–H and O–H groups in total. The summed E-state index contributed by atoms with van der Waals surface area (Å²) in [7, 11) is 0. The van der Waals surface area contributed by atoms with Crippen LogP contribution in [0.3, 0.4) is 0 Å². The number of nitrogens with zero attached hydrogens (tertiary/aromatic N) is 1. The molecule has 0 bridgehead atoms. The number of benzene rings is 1. The second-order valence-corrected chi connectivity index (χ2v) is 5.81. The van der Waals surface area contributed by atoms with Crippen molar-refractivity contribution in [1.82, 2.24) is 5.32 Å². The lowest BCUT2D eigenvalue weighted by molar-refractivity contribution is 0.581. The summed E-state index contributed by atoms with van der Waals surface area (Å²) in [5, 5.41) is 3.37. The first-order valence-electron chi connectivity index (χ1n) is 6.58. The van der Waals surface area contributed by atoms with E-state index in [1.165, 1.54) is 5.69 Å². The first-order valence-corrected chi connectivity index (χ1v) is 7.73. The van der Waals surface area contributed by atoms with Crippen molar-refractivity contribution in [3.05, 3.63) is 29.6 Å². The van der Waals surface area contributed by atoms with E-state index < -0.39 is 0 Å². The van der Waals surface area contributed by atoms with Crippen LogP contribution in [0.5, 0.6) is 0 Å². The van der Waals surface area contributed by atoms with Crippen LogP contribution in [0.25, 0.3) is 0 Å². The van der Waals surface area contributed by atoms with E-state index in [4.69, 9.17) is 0 Å². The zero-order chi connectivity index (χ0) is 13.0. The van der Waals surface area contributed by atoms with Crippen LogP contribution in [0, 0.1) is 5.82 Å². The Balaban J connectivity index is 2.27. The van der Waals surface area contributed by atoms with E-state index >= 15 is 0 Å². The minimum absolute atomic E-state index is 0.148. The largest absolute Gasteiger partial charge is 0.370 e. The second kappa shape index (κ2) is 6.43. The molecule has 1 aliphatic rings. The predicted molar refractivity (Wildman–Crippen MR) is 78.0 cm³/mol. The van der Waals surface area contributed by atoms with Gasteiger partial charge in [-0.2, -0.15) is 11.8 Å². The lowest BCUT2D eigenvalue weighted by Crippen LogP contribution is -2.34. The molecule has 0 radical (unpaired) electrons. The van der Waals surface area contributed by atoms with Crippen molar-refractivity contribution < 1.29 is 4.39 Å². The van der Waals surface area contributed by atoms with Gasteiger partial charge in [-0.1, -0.05) is 6.92 Å². The van der Waals surface area contributed by atoms with Crippen molar-refractivity contribution in [2.45, 2.75) is 19.9 Å². The molecular weight excluding hydrogens is 247 g/mol. The van der Waals surface area contributed by atoms with E-state index in [1.54, 1.807) is 12.1 Å². The van der Waals surface area contributed by atoms with Crippen molar-refractivity contribution in [2.24, 2.45) is 0 Å². The summed E-state index contributed by atoms with van der Waals surface area (Å²) in [5.74, 6) is 2.17. The van der Waals surface area contributed by atoms with Crippen LogP contribution in [0.4, 0.5) is 10.1 Å². The Bertz CT molecular complexity index is 391. The van der Waals surface area contributed by atoms with Gasteiger partial charge in [0.1, 0.15) is 5.82 Å². The van der Waals surface area contributed by atoms with Crippen LogP contribution in [0.1, 0.15) is 25.5 Å². The zero-order valence-electron chi connectivity index (χ0n) is 11.1. The summed E-state index contributed by atoms with van der Waals surface area (Å²) in [6, 6.07) is 5.35. The second-order valence-electron chi connectivity index (χ2n) is 4.58. The number of hydrogen-bond donors (Lipinski definition) is 1. The number of thioether (sulfide) groups is 1. The summed E-state index contributed by atoms with van der Waals surface area (Å²) in [4.78, 5) is 2.37. The van der Waals surface area contributed by atoms with E-state index in [-0.39, 0.29) is 11.9 Å². The topological polar surface area (TPSA) is 15.3 Å². The fraction of sp³-hybridized carbons (Fsp3) is 0.571. The van der Waals surface area contributed by atoms with Gasteiger partial charge < -0.3 is 10.2 Å². The average Bonchev–Trinajstić information content (AvgIpc) is 2.40. The smallest absolute Gasteiger partial charge is 0.123 e. The molecule has 18 heavy (non-hydrogen) atoms. The summed E-state index contributed by atoms with van der Waals surface area (Å²) in [5.41, 5.74) is 2.26. The lowest BCUT2D eigenvalue weighted by atomic mass is 10.0. The van der Waals surface area contributed by atoms with Gasteiger partial charge in [-0.15, -0.1) is 0 Å². The maximum atomic E-state index is 13.5. The summed E-state index contributed by atoms with van der Waals surface area (Å²) < 4.78 is 13.5. The molecule has 2 rings (SSSR count). The number of anilines is 1. The molecule has 0 aliphatic carbocycles. The third kappa shape index (κ3) is 3.18. The van der Waals surface area contributed by atoms with E-state index in [0.717, 1.165) is 36.7 Å². The Morgan fingerprint density at radius 1 is 1.39 bits per heavy atom. The zero-order valence-corrected chi connectivity index (χ0v) is 11.9. The molecule has 1 aromatic carbocycles. The van der Waals surface area contributed by atoms with Gasteiger partial charge in [0.05, 0.1) is 0 Å². The van der Waals surface area contributed by atoms with Crippen LogP contribution >= 0.6 is 11.8 Å². The quantitative estimate of drug-likeness (QED) is 0.903. The highest BCUT2D eigenvalue weighted by Gasteiger charge is 2.18. The average molecular weight is 268 g/mol. The summed E-state index contributed by atoms with van der Waals surface area (Å²) in [6.07, 6.45) is 0. The van der Waals surface area contributed by atoms with E-state index in [2.05, 4.69) is 24.1 Å². The molecule has 1 atom stereocenters. The van der Waals surface area contributed by atoms with E-state index in [0.29, 0.717) is 0 Å². The Morgan fingerprint density at radius 3 is 2.78 bits per heavy atom. The Morgan fingerprint density at radius 2 is 2.11 bits per heavy atom. The number of rotatable bonds is 4. The third-order valence-electron chi connectivity index (χ3n) is 3.32. The molecule has 1 fully saturated rings. The lowest BCUT2D eigenvalue weighted by Gasteiger charge is -2.31. The van der Waals surface area contributed by atoms with Crippen molar-refractivity contribution >= 4 is 17.4 Å².